The lowest BCUT2D eigenvalue weighted by Crippen LogP contribution is -2.40. The molecule has 2 rings (SSSR count). The van der Waals surface area contributed by atoms with E-state index < -0.39 is 0 Å². The molecule has 1 heterocycles. The van der Waals surface area contributed by atoms with Crippen LogP contribution in [-0.4, -0.2) is 24.0 Å². The number of likely N-dealkylation sites (tertiary alicyclic amines) is 1. The summed E-state index contributed by atoms with van der Waals surface area (Å²) in [4.78, 5) is 13.8. The van der Waals surface area contributed by atoms with Crippen molar-refractivity contribution in [3.05, 3.63) is 30.3 Å². The lowest BCUT2D eigenvalue weighted by Gasteiger charge is -2.30. The second kappa shape index (κ2) is 5.01. The van der Waals surface area contributed by atoms with Crippen molar-refractivity contribution in [2.24, 2.45) is 5.92 Å². The smallest absolute Gasteiger partial charge is 0.321 e. The molecule has 1 N–H and O–H groups in total. The molecule has 1 aliphatic rings. The van der Waals surface area contributed by atoms with Gasteiger partial charge in [-0.3, -0.25) is 0 Å². The molecule has 1 saturated heterocycles. The summed E-state index contributed by atoms with van der Waals surface area (Å²) in [6.45, 7) is 3.99. The van der Waals surface area contributed by atoms with Gasteiger partial charge >= 0.3 is 6.03 Å². The summed E-state index contributed by atoms with van der Waals surface area (Å²) in [5, 5.41) is 2.91. The number of nitrogens with one attached hydrogen (secondary N) is 1. The Bertz CT molecular complexity index is 342. The third-order valence-electron chi connectivity index (χ3n) is 3.10. The van der Waals surface area contributed by atoms with E-state index in [9.17, 15) is 4.79 Å². The molecule has 3 heteroatoms. The van der Waals surface area contributed by atoms with Crippen molar-refractivity contribution < 1.29 is 4.79 Å². The Morgan fingerprint density at radius 2 is 1.88 bits per heavy atom. The van der Waals surface area contributed by atoms with Crippen molar-refractivity contribution in [2.75, 3.05) is 18.4 Å². The van der Waals surface area contributed by atoms with Gasteiger partial charge in [0, 0.05) is 18.8 Å². The molecule has 0 unspecified atom stereocenters. The predicted molar refractivity (Wildman–Crippen MR) is 65.4 cm³/mol. The number of hydrogen-bond acceptors (Lipinski definition) is 1. The lowest BCUT2D eigenvalue weighted by molar-refractivity contribution is 0.186. The van der Waals surface area contributed by atoms with Crippen LogP contribution < -0.4 is 5.32 Å². The maximum absolute atomic E-state index is 11.9. The van der Waals surface area contributed by atoms with Gasteiger partial charge in [-0.25, -0.2) is 4.79 Å². The summed E-state index contributed by atoms with van der Waals surface area (Å²) in [5.74, 6) is 0.751. The number of urea groups is 1. The highest BCUT2D eigenvalue weighted by molar-refractivity contribution is 5.89. The molecule has 0 atom stereocenters. The number of carbonyl (C=O) groups is 1. The quantitative estimate of drug-likeness (QED) is 0.772. The van der Waals surface area contributed by atoms with Gasteiger partial charge in [-0.2, -0.15) is 0 Å². The van der Waals surface area contributed by atoms with Crippen LogP contribution in [-0.2, 0) is 0 Å². The van der Waals surface area contributed by atoms with Crippen molar-refractivity contribution in [3.8, 4) is 0 Å². The molecule has 1 aliphatic heterocycles. The van der Waals surface area contributed by atoms with E-state index in [1.54, 1.807) is 0 Å². The minimum Gasteiger partial charge on any atom is -0.325 e. The number of hydrogen-bond donors (Lipinski definition) is 1. The second-order valence-electron chi connectivity index (χ2n) is 4.47. The van der Waals surface area contributed by atoms with Crippen molar-refractivity contribution in [2.45, 2.75) is 19.8 Å². The molecule has 0 spiro atoms. The molecular formula is C13H18N2O. The second-order valence-corrected chi connectivity index (χ2v) is 4.47. The molecular weight excluding hydrogens is 200 g/mol. The van der Waals surface area contributed by atoms with Gasteiger partial charge in [0.1, 0.15) is 0 Å². The fourth-order valence-electron chi connectivity index (χ4n) is 1.94. The van der Waals surface area contributed by atoms with Crippen molar-refractivity contribution in [3.63, 3.8) is 0 Å². The molecule has 1 fully saturated rings. The molecule has 0 radical (unpaired) electrons. The number of anilines is 1. The van der Waals surface area contributed by atoms with Gasteiger partial charge in [0.05, 0.1) is 0 Å². The van der Waals surface area contributed by atoms with E-state index in [-0.39, 0.29) is 6.03 Å². The molecule has 0 saturated carbocycles. The first kappa shape index (κ1) is 11.0. The number of piperidine rings is 1. The third kappa shape index (κ3) is 2.75. The fourth-order valence-corrected chi connectivity index (χ4v) is 1.94. The molecule has 3 nitrogen and oxygen atoms in total. The van der Waals surface area contributed by atoms with Gasteiger partial charge in [0.15, 0.2) is 0 Å². The number of rotatable bonds is 1. The van der Waals surface area contributed by atoms with Crippen LogP contribution in [0.1, 0.15) is 19.8 Å². The van der Waals surface area contributed by atoms with Crippen LogP contribution in [0.4, 0.5) is 10.5 Å². The van der Waals surface area contributed by atoms with E-state index in [1.165, 1.54) is 0 Å². The average molecular weight is 218 g/mol. The standard InChI is InChI=1S/C13H18N2O/c1-11-7-9-15(10-8-11)13(16)14-12-5-3-2-4-6-12/h2-6,11H,7-10H2,1H3,(H,14,16). The van der Waals surface area contributed by atoms with E-state index in [4.69, 9.17) is 0 Å². The van der Waals surface area contributed by atoms with Gasteiger partial charge in [0.2, 0.25) is 0 Å². The lowest BCUT2D eigenvalue weighted by atomic mass is 10.00. The molecule has 2 amide bonds. The van der Waals surface area contributed by atoms with Crippen molar-refractivity contribution in [1.82, 2.24) is 4.90 Å². The number of benzene rings is 1. The summed E-state index contributed by atoms with van der Waals surface area (Å²) < 4.78 is 0. The zero-order chi connectivity index (χ0) is 11.4. The number of carbonyl (C=O) groups excluding carboxylic acids is 1. The molecule has 0 aliphatic carbocycles. The molecule has 16 heavy (non-hydrogen) atoms. The van der Waals surface area contributed by atoms with E-state index >= 15 is 0 Å². The van der Waals surface area contributed by atoms with Crippen LogP contribution in [0.3, 0.4) is 0 Å². The fraction of sp³-hybridized carbons (Fsp3) is 0.462. The Morgan fingerprint density at radius 1 is 1.25 bits per heavy atom. The van der Waals surface area contributed by atoms with Crippen LogP contribution >= 0.6 is 0 Å². The van der Waals surface area contributed by atoms with Crippen LogP contribution in [0, 0.1) is 5.92 Å². The summed E-state index contributed by atoms with van der Waals surface area (Å²) >= 11 is 0. The van der Waals surface area contributed by atoms with E-state index in [0.29, 0.717) is 0 Å². The van der Waals surface area contributed by atoms with Gasteiger partial charge in [-0.15, -0.1) is 0 Å². The number of nitrogens with zero attached hydrogens (tertiary/aromatic N) is 1. The van der Waals surface area contributed by atoms with Gasteiger partial charge in [-0.1, -0.05) is 25.1 Å². The zero-order valence-corrected chi connectivity index (χ0v) is 9.65. The van der Waals surface area contributed by atoms with Crippen LogP contribution in [0.15, 0.2) is 30.3 Å². The molecule has 0 bridgehead atoms. The Labute approximate surface area is 96.5 Å². The minimum atomic E-state index is 0.0260. The van der Waals surface area contributed by atoms with Gasteiger partial charge < -0.3 is 10.2 Å². The largest absolute Gasteiger partial charge is 0.325 e. The molecule has 0 aromatic heterocycles. The van der Waals surface area contributed by atoms with Crippen molar-refractivity contribution in [1.29, 1.82) is 0 Å². The molecule has 86 valence electrons. The average Bonchev–Trinajstić information content (AvgIpc) is 2.31. The summed E-state index contributed by atoms with van der Waals surface area (Å²) in [5.41, 5.74) is 0.867. The van der Waals surface area contributed by atoms with E-state index in [0.717, 1.165) is 37.5 Å². The van der Waals surface area contributed by atoms with Gasteiger partial charge in [-0.05, 0) is 30.9 Å². The van der Waals surface area contributed by atoms with Crippen LogP contribution in [0.5, 0.6) is 0 Å². The first-order valence-electron chi connectivity index (χ1n) is 5.86. The predicted octanol–water partition coefficient (Wildman–Crippen LogP) is 2.95. The Kier molecular flexibility index (Phi) is 3.44. The monoisotopic (exact) mass is 218 g/mol. The maximum atomic E-state index is 11.9. The first-order valence-corrected chi connectivity index (χ1v) is 5.86. The van der Waals surface area contributed by atoms with E-state index in [1.807, 2.05) is 35.2 Å². The maximum Gasteiger partial charge on any atom is 0.321 e. The Morgan fingerprint density at radius 3 is 2.50 bits per heavy atom. The van der Waals surface area contributed by atoms with Gasteiger partial charge in [0.25, 0.3) is 0 Å². The van der Waals surface area contributed by atoms with E-state index in [2.05, 4.69) is 12.2 Å². The summed E-state index contributed by atoms with van der Waals surface area (Å²) in [6, 6.07) is 9.63. The summed E-state index contributed by atoms with van der Waals surface area (Å²) in [7, 11) is 0. The SMILES string of the molecule is CC1CCN(C(=O)Nc2ccccc2)CC1. The topological polar surface area (TPSA) is 32.3 Å². The highest BCUT2D eigenvalue weighted by Crippen LogP contribution is 2.17. The normalized spacial score (nSPS) is 17.2. The molecule has 1 aromatic carbocycles. The van der Waals surface area contributed by atoms with Crippen LogP contribution in [0.2, 0.25) is 0 Å². The zero-order valence-electron chi connectivity index (χ0n) is 9.65. The first-order chi connectivity index (χ1) is 7.75. The minimum absolute atomic E-state index is 0.0260. The highest BCUT2D eigenvalue weighted by Gasteiger charge is 2.19. The Balaban J connectivity index is 1.89. The molecule has 1 aromatic rings. The van der Waals surface area contributed by atoms with Crippen LogP contribution in [0.25, 0.3) is 0 Å². The Hall–Kier alpha value is -1.51. The number of amides is 2. The number of para-hydroxylation sites is 1. The summed E-state index contributed by atoms with van der Waals surface area (Å²) in [6.07, 6.45) is 2.23. The highest BCUT2D eigenvalue weighted by atomic mass is 16.2. The third-order valence-corrected chi connectivity index (χ3v) is 3.10. The van der Waals surface area contributed by atoms with Crippen molar-refractivity contribution >= 4 is 11.7 Å².